The van der Waals surface area contributed by atoms with E-state index in [0.29, 0.717) is 6.54 Å². The maximum atomic E-state index is 11.9. The number of carbonyl (C=O) groups is 1. The molecule has 1 aromatic rings. The molecule has 1 amide bonds. The van der Waals surface area contributed by atoms with E-state index in [1.54, 1.807) is 11.3 Å². The van der Waals surface area contributed by atoms with Crippen LogP contribution in [-0.4, -0.2) is 18.0 Å². The molecule has 0 spiro atoms. The van der Waals surface area contributed by atoms with E-state index >= 15 is 0 Å². The van der Waals surface area contributed by atoms with Crippen molar-refractivity contribution >= 4 is 39.8 Å². The summed E-state index contributed by atoms with van der Waals surface area (Å²) >= 11 is 4.08. The van der Waals surface area contributed by atoms with E-state index in [1.165, 1.54) is 7.76 Å². The molecule has 0 bridgehead atoms. The Balaban J connectivity index is 1.77. The molecule has 0 atom stereocenters. The van der Waals surface area contributed by atoms with Crippen molar-refractivity contribution in [2.24, 2.45) is 5.73 Å². The summed E-state index contributed by atoms with van der Waals surface area (Å²) in [7, 11) is 0. The quantitative estimate of drug-likeness (QED) is 0.806. The molecule has 0 saturated heterocycles. The first-order chi connectivity index (χ1) is 8.10. The predicted octanol–water partition coefficient (Wildman–Crippen LogP) is 2.28. The average Bonchev–Trinajstić information content (AvgIpc) is 2.89. The zero-order chi connectivity index (χ0) is 12.3. The second-order valence-electron chi connectivity index (χ2n) is 4.57. The monoisotopic (exact) mass is 364 g/mol. The molecular weight excluding hydrogens is 347 g/mol. The molecule has 1 fully saturated rings. The molecule has 1 aromatic heterocycles. The van der Waals surface area contributed by atoms with Gasteiger partial charge in [-0.15, -0.1) is 11.3 Å². The zero-order valence-electron chi connectivity index (χ0n) is 9.67. The van der Waals surface area contributed by atoms with E-state index in [-0.39, 0.29) is 5.91 Å². The van der Waals surface area contributed by atoms with Gasteiger partial charge < -0.3 is 11.1 Å². The molecule has 3 N–H and O–H groups in total. The fourth-order valence-corrected chi connectivity index (χ4v) is 3.95. The third kappa shape index (κ3) is 3.42. The van der Waals surface area contributed by atoms with Gasteiger partial charge in [-0.2, -0.15) is 0 Å². The maximum absolute atomic E-state index is 11.9. The number of amides is 1. The molecular formula is C12H17IN2OS. The summed E-state index contributed by atoms with van der Waals surface area (Å²) in [4.78, 5) is 13.2. The number of carbonyl (C=O) groups excluding carboxylic acids is 1. The Morgan fingerprint density at radius 3 is 2.76 bits per heavy atom. The van der Waals surface area contributed by atoms with E-state index < -0.39 is 5.54 Å². The Kier molecular flexibility index (Phi) is 4.43. The van der Waals surface area contributed by atoms with Crippen LogP contribution in [0.3, 0.4) is 0 Å². The topological polar surface area (TPSA) is 55.1 Å². The van der Waals surface area contributed by atoms with Crippen LogP contribution in [0.4, 0.5) is 0 Å². The van der Waals surface area contributed by atoms with Gasteiger partial charge in [-0.25, -0.2) is 0 Å². The minimum Gasteiger partial charge on any atom is -0.354 e. The van der Waals surface area contributed by atoms with Crippen molar-refractivity contribution in [1.82, 2.24) is 5.32 Å². The van der Waals surface area contributed by atoms with Gasteiger partial charge in [0, 0.05) is 11.4 Å². The molecule has 1 aliphatic rings. The lowest BCUT2D eigenvalue weighted by atomic mass is 9.98. The van der Waals surface area contributed by atoms with Gasteiger partial charge in [-0.05, 0) is 54.0 Å². The number of nitrogens with two attached hydrogens (primary N) is 1. The Hall–Kier alpha value is -0.140. The molecule has 0 unspecified atom stereocenters. The molecule has 17 heavy (non-hydrogen) atoms. The molecule has 0 aliphatic heterocycles. The molecule has 94 valence electrons. The first-order valence-corrected chi connectivity index (χ1v) is 7.81. The van der Waals surface area contributed by atoms with Crippen LogP contribution in [0, 0.1) is 2.88 Å². The summed E-state index contributed by atoms with van der Waals surface area (Å²) < 4.78 is 1.29. The Morgan fingerprint density at radius 1 is 1.47 bits per heavy atom. The highest BCUT2D eigenvalue weighted by atomic mass is 127. The number of halogens is 1. The van der Waals surface area contributed by atoms with E-state index in [9.17, 15) is 4.79 Å². The van der Waals surface area contributed by atoms with E-state index in [0.717, 1.165) is 32.1 Å². The van der Waals surface area contributed by atoms with Crippen LogP contribution in [0.25, 0.3) is 0 Å². The summed E-state index contributed by atoms with van der Waals surface area (Å²) in [5.41, 5.74) is 5.48. The molecule has 3 nitrogen and oxygen atoms in total. The SMILES string of the molecule is NC1(C(=O)NCCc2ccc(I)s2)CCCC1. The van der Waals surface area contributed by atoms with Gasteiger partial charge in [0.05, 0.1) is 8.42 Å². The van der Waals surface area contributed by atoms with Crippen LogP contribution in [0.5, 0.6) is 0 Å². The molecule has 0 aromatic carbocycles. The van der Waals surface area contributed by atoms with Crippen molar-refractivity contribution in [3.63, 3.8) is 0 Å². The van der Waals surface area contributed by atoms with Gasteiger partial charge in [0.15, 0.2) is 0 Å². The fraction of sp³-hybridized carbons (Fsp3) is 0.583. The Morgan fingerprint density at radius 2 is 2.18 bits per heavy atom. The normalized spacial score (nSPS) is 18.2. The summed E-state index contributed by atoms with van der Waals surface area (Å²) in [6.45, 7) is 0.689. The van der Waals surface area contributed by atoms with Crippen molar-refractivity contribution in [3.8, 4) is 0 Å². The van der Waals surface area contributed by atoms with Crippen LogP contribution < -0.4 is 11.1 Å². The minimum absolute atomic E-state index is 0.0289. The van der Waals surface area contributed by atoms with E-state index in [4.69, 9.17) is 5.73 Å². The number of nitrogens with one attached hydrogen (secondary N) is 1. The van der Waals surface area contributed by atoms with Gasteiger partial charge in [-0.1, -0.05) is 12.8 Å². The molecule has 1 heterocycles. The highest BCUT2D eigenvalue weighted by Gasteiger charge is 2.36. The predicted molar refractivity (Wildman–Crippen MR) is 79.1 cm³/mol. The molecule has 5 heteroatoms. The number of thiophene rings is 1. The zero-order valence-corrected chi connectivity index (χ0v) is 12.6. The second kappa shape index (κ2) is 5.67. The van der Waals surface area contributed by atoms with Gasteiger partial charge in [0.25, 0.3) is 0 Å². The Labute approximate surface area is 119 Å². The first-order valence-electron chi connectivity index (χ1n) is 5.91. The lowest BCUT2D eigenvalue weighted by molar-refractivity contribution is -0.126. The van der Waals surface area contributed by atoms with Gasteiger partial charge in [-0.3, -0.25) is 4.79 Å². The summed E-state index contributed by atoms with van der Waals surface area (Å²) in [5, 5.41) is 2.96. The van der Waals surface area contributed by atoms with E-state index in [1.807, 2.05) is 0 Å². The summed E-state index contributed by atoms with van der Waals surface area (Å²) in [6, 6.07) is 4.22. The van der Waals surface area contributed by atoms with Crippen molar-refractivity contribution in [2.75, 3.05) is 6.54 Å². The second-order valence-corrected chi connectivity index (χ2v) is 7.64. The third-order valence-corrected chi connectivity index (χ3v) is 5.19. The number of hydrogen-bond acceptors (Lipinski definition) is 3. The smallest absolute Gasteiger partial charge is 0.240 e. The first kappa shape index (κ1) is 13.3. The van der Waals surface area contributed by atoms with Crippen molar-refractivity contribution in [2.45, 2.75) is 37.6 Å². The van der Waals surface area contributed by atoms with Crippen LogP contribution in [-0.2, 0) is 11.2 Å². The van der Waals surface area contributed by atoms with Gasteiger partial charge in [0.2, 0.25) is 5.91 Å². The number of rotatable bonds is 4. The third-order valence-electron chi connectivity index (χ3n) is 3.23. The van der Waals surface area contributed by atoms with E-state index in [2.05, 4.69) is 40.0 Å². The standard InChI is InChI=1S/C12H17IN2OS/c13-10-4-3-9(17-10)5-8-15-11(16)12(14)6-1-2-7-12/h3-4H,1-2,5-8,14H2,(H,15,16). The summed E-state index contributed by atoms with van der Waals surface area (Å²) in [6.07, 6.45) is 4.71. The minimum atomic E-state index is -0.593. The molecule has 1 saturated carbocycles. The largest absolute Gasteiger partial charge is 0.354 e. The van der Waals surface area contributed by atoms with Crippen molar-refractivity contribution in [1.29, 1.82) is 0 Å². The van der Waals surface area contributed by atoms with Crippen LogP contribution in [0.2, 0.25) is 0 Å². The Bertz CT molecular complexity index is 399. The van der Waals surface area contributed by atoms with Crippen LogP contribution in [0.15, 0.2) is 12.1 Å². The van der Waals surface area contributed by atoms with Crippen LogP contribution >= 0.6 is 33.9 Å². The highest BCUT2D eigenvalue weighted by Crippen LogP contribution is 2.27. The van der Waals surface area contributed by atoms with Gasteiger partial charge in [0.1, 0.15) is 0 Å². The van der Waals surface area contributed by atoms with Crippen molar-refractivity contribution < 1.29 is 4.79 Å². The highest BCUT2D eigenvalue weighted by molar-refractivity contribution is 14.1. The van der Waals surface area contributed by atoms with Crippen LogP contribution in [0.1, 0.15) is 30.6 Å². The lowest BCUT2D eigenvalue weighted by Gasteiger charge is -2.22. The molecule has 2 rings (SSSR count). The average molecular weight is 364 g/mol. The molecule has 1 aliphatic carbocycles. The van der Waals surface area contributed by atoms with Gasteiger partial charge >= 0.3 is 0 Å². The summed E-state index contributed by atoms with van der Waals surface area (Å²) in [5.74, 6) is 0.0289. The molecule has 0 radical (unpaired) electrons. The van der Waals surface area contributed by atoms with Crippen molar-refractivity contribution in [3.05, 3.63) is 19.9 Å². The number of hydrogen-bond donors (Lipinski definition) is 2. The fourth-order valence-electron chi connectivity index (χ4n) is 2.19. The maximum Gasteiger partial charge on any atom is 0.240 e. The lowest BCUT2D eigenvalue weighted by Crippen LogP contribution is -2.52.